The normalized spacial score (nSPS) is 12.5. The quantitative estimate of drug-likeness (QED) is 0.0849. The van der Waals surface area contributed by atoms with Crippen LogP contribution in [-0.2, 0) is 46.4 Å². The van der Waals surface area contributed by atoms with Crippen LogP contribution in [0, 0.1) is 0 Å². The molecule has 0 radical (unpaired) electrons. The van der Waals surface area contributed by atoms with Gasteiger partial charge in [0.2, 0.25) is 35.4 Å². The number of rotatable bonds is 17. The fraction of sp³-hybridized carbons (Fsp3) is 0.385. The summed E-state index contributed by atoms with van der Waals surface area (Å²) < 4.78 is 0. The molecule has 0 spiro atoms. The summed E-state index contributed by atoms with van der Waals surface area (Å²) in [5.74, 6) is -5.42. The minimum absolute atomic E-state index is 0.0330. The zero-order chi connectivity index (χ0) is 31.8. The molecule has 6 amide bonds. The lowest BCUT2D eigenvalue weighted by molar-refractivity contribution is -0.138. The van der Waals surface area contributed by atoms with Crippen molar-refractivity contribution in [2.45, 2.75) is 37.9 Å². The Kier molecular flexibility index (Phi) is 13.8. The molecule has 232 valence electrons. The van der Waals surface area contributed by atoms with Gasteiger partial charge in [-0.25, -0.2) is 4.98 Å². The van der Waals surface area contributed by atoms with Crippen LogP contribution in [-0.4, -0.2) is 101 Å². The molecule has 0 unspecified atom stereocenters. The molecule has 1 aromatic carbocycles. The van der Waals surface area contributed by atoms with Crippen molar-refractivity contribution >= 4 is 41.4 Å². The molecule has 3 atom stereocenters. The van der Waals surface area contributed by atoms with Crippen LogP contribution in [0.2, 0.25) is 0 Å². The average Bonchev–Trinajstić information content (AvgIpc) is 3.50. The number of amides is 6. The molecule has 43 heavy (non-hydrogen) atoms. The second-order valence-electron chi connectivity index (χ2n) is 9.25. The van der Waals surface area contributed by atoms with Crippen LogP contribution in [0.3, 0.4) is 0 Å². The largest absolute Gasteiger partial charge is 0.480 e. The van der Waals surface area contributed by atoms with Crippen molar-refractivity contribution in [2.75, 3.05) is 26.2 Å². The Labute approximate surface area is 246 Å². The maximum absolute atomic E-state index is 13.4. The third kappa shape index (κ3) is 12.8. The smallest absolute Gasteiger partial charge is 0.322 e. The highest BCUT2D eigenvalue weighted by Crippen LogP contribution is 2.06. The van der Waals surface area contributed by atoms with Gasteiger partial charge in [-0.3, -0.25) is 33.6 Å². The van der Waals surface area contributed by atoms with Crippen LogP contribution < -0.4 is 37.6 Å². The Bertz CT molecular complexity index is 1270. The highest BCUT2D eigenvalue weighted by Gasteiger charge is 2.28. The van der Waals surface area contributed by atoms with E-state index in [2.05, 4.69) is 41.9 Å². The molecule has 10 N–H and O–H groups in total. The van der Waals surface area contributed by atoms with E-state index >= 15 is 0 Å². The molecule has 0 fully saturated rings. The number of H-pyrrole nitrogens is 1. The standard InChI is InChI=1S/C26H35N9O8/c1-15(33-20(36)9-27)24(41)30-12-22(38)34-18(7-16-5-3-2-4-6-16)26(43)35-19(8-17-10-28-14-32-17)25(42)31-11-21(37)29-13-23(39)40/h2-6,10,14-15,18-19H,7-9,11-13,27H2,1H3,(H,28,32)(H,29,37)(H,30,41)(H,31,42)(H,33,36)(H,34,38)(H,35,43)(H,39,40)/t15-,18-,19-/m0/s1. The molecular weight excluding hydrogens is 566 g/mol. The van der Waals surface area contributed by atoms with Gasteiger partial charge >= 0.3 is 5.97 Å². The van der Waals surface area contributed by atoms with Crippen LogP contribution >= 0.6 is 0 Å². The zero-order valence-corrected chi connectivity index (χ0v) is 23.3. The molecule has 0 aliphatic carbocycles. The molecule has 1 aromatic heterocycles. The number of hydrogen-bond donors (Lipinski definition) is 9. The number of carboxylic acids is 1. The van der Waals surface area contributed by atoms with E-state index in [0.717, 1.165) is 0 Å². The number of aromatic amines is 1. The van der Waals surface area contributed by atoms with Gasteiger partial charge in [0.05, 0.1) is 26.0 Å². The van der Waals surface area contributed by atoms with E-state index in [1.165, 1.54) is 19.4 Å². The van der Waals surface area contributed by atoms with Crippen LogP contribution in [0.4, 0.5) is 0 Å². The summed E-state index contributed by atoms with van der Waals surface area (Å²) in [4.78, 5) is 92.0. The van der Waals surface area contributed by atoms with Crippen molar-refractivity contribution in [2.24, 2.45) is 5.73 Å². The van der Waals surface area contributed by atoms with Gasteiger partial charge in [-0.1, -0.05) is 30.3 Å². The number of aromatic nitrogens is 2. The molecule has 0 saturated heterocycles. The minimum atomic E-state index is -1.26. The number of nitrogens with zero attached hydrogens (tertiary/aromatic N) is 1. The topological polar surface area (TPSA) is 267 Å². The molecule has 17 nitrogen and oxygen atoms in total. The van der Waals surface area contributed by atoms with Gasteiger partial charge in [0.1, 0.15) is 24.7 Å². The molecule has 0 aliphatic rings. The SMILES string of the molecule is C[C@H](NC(=O)CN)C(=O)NCC(=O)N[C@@H](Cc1ccccc1)C(=O)N[C@@H](Cc1cnc[nH]1)C(=O)NCC(=O)NCC(=O)O. The Morgan fingerprint density at radius 2 is 1.44 bits per heavy atom. The van der Waals surface area contributed by atoms with Crippen LogP contribution in [0.1, 0.15) is 18.2 Å². The molecule has 0 bridgehead atoms. The van der Waals surface area contributed by atoms with Crippen LogP contribution in [0.25, 0.3) is 0 Å². The van der Waals surface area contributed by atoms with Crippen molar-refractivity contribution in [1.82, 2.24) is 41.9 Å². The van der Waals surface area contributed by atoms with Crippen molar-refractivity contribution in [1.29, 1.82) is 0 Å². The molecule has 2 aromatic rings. The van der Waals surface area contributed by atoms with E-state index in [0.29, 0.717) is 11.3 Å². The minimum Gasteiger partial charge on any atom is -0.480 e. The maximum atomic E-state index is 13.4. The van der Waals surface area contributed by atoms with Gasteiger partial charge in [0.25, 0.3) is 0 Å². The number of carbonyl (C=O) groups is 7. The summed E-state index contributed by atoms with van der Waals surface area (Å²) in [6.45, 7) is -0.594. The van der Waals surface area contributed by atoms with E-state index in [4.69, 9.17) is 10.8 Å². The summed E-state index contributed by atoms with van der Waals surface area (Å²) in [6, 6.07) is 5.37. The number of carboxylic acid groups (broad SMARTS) is 1. The first-order valence-corrected chi connectivity index (χ1v) is 13.1. The first-order chi connectivity index (χ1) is 20.5. The second-order valence-corrected chi connectivity index (χ2v) is 9.25. The predicted octanol–water partition coefficient (Wildman–Crippen LogP) is -3.94. The number of carbonyl (C=O) groups excluding carboxylic acids is 6. The molecule has 2 rings (SSSR count). The third-order valence-corrected chi connectivity index (χ3v) is 5.79. The van der Waals surface area contributed by atoms with Crippen molar-refractivity contribution < 1.29 is 38.7 Å². The van der Waals surface area contributed by atoms with Gasteiger partial charge in [-0.2, -0.15) is 0 Å². The van der Waals surface area contributed by atoms with Crippen molar-refractivity contribution in [3.8, 4) is 0 Å². The van der Waals surface area contributed by atoms with Gasteiger partial charge in [-0.05, 0) is 12.5 Å². The zero-order valence-electron chi connectivity index (χ0n) is 23.3. The maximum Gasteiger partial charge on any atom is 0.322 e. The molecule has 0 aliphatic heterocycles. The number of imidazole rings is 1. The summed E-state index contributed by atoms with van der Waals surface area (Å²) in [5, 5.41) is 23.0. The van der Waals surface area contributed by atoms with Gasteiger partial charge < -0.3 is 47.7 Å². The fourth-order valence-electron chi connectivity index (χ4n) is 3.62. The molecule has 17 heteroatoms. The molecular formula is C26H35N9O8. The Morgan fingerprint density at radius 3 is 2.07 bits per heavy atom. The summed E-state index contributed by atoms with van der Waals surface area (Å²) in [7, 11) is 0. The Balaban J connectivity index is 2.12. The first-order valence-electron chi connectivity index (χ1n) is 13.1. The van der Waals surface area contributed by atoms with Crippen molar-refractivity contribution in [3.05, 3.63) is 54.1 Å². The third-order valence-electron chi connectivity index (χ3n) is 5.79. The highest BCUT2D eigenvalue weighted by atomic mass is 16.4. The van der Waals surface area contributed by atoms with E-state index in [9.17, 15) is 33.6 Å². The first kappa shape index (κ1) is 33.9. The Hall–Kier alpha value is -5.32. The number of nitrogens with one attached hydrogen (secondary N) is 7. The number of aliphatic carboxylic acids is 1. The molecule has 0 saturated carbocycles. The van der Waals surface area contributed by atoms with E-state index in [1.54, 1.807) is 30.3 Å². The number of hydrogen-bond acceptors (Lipinski definition) is 9. The van der Waals surface area contributed by atoms with Gasteiger partial charge in [0, 0.05) is 24.7 Å². The van der Waals surface area contributed by atoms with E-state index in [1.807, 2.05) is 0 Å². The lowest BCUT2D eigenvalue weighted by Gasteiger charge is -2.23. The van der Waals surface area contributed by atoms with Crippen molar-refractivity contribution in [3.63, 3.8) is 0 Å². The summed E-state index contributed by atoms with van der Waals surface area (Å²) >= 11 is 0. The monoisotopic (exact) mass is 601 g/mol. The fourth-order valence-corrected chi connectivity index (χ4v) is 3.62. The lowest BCUT2D eigenvalue weighted by atomic mass is 10.0. The van der Waals surface area contributed by atoms with E-state index < -0.39 is 79.2 Å². The molecule has 1 heterocycles. The van der Waals surface area contributed by atoms with Crippen LogP contribution in [0.5, 0.6) is 0 Å². The average molecular weight is 602 g/mol. The number of nitrogens with two attached hydrogens (primary N) is 1. The van der Waals surface area contributed by atoms with Gasteiger partial charge in [-0.15, -0.1) is 0 Å². The van der Waals surface area contributed by atoms with Crippen LogP contribution in [0.15, 0.2) is 42.9 Å². The van der Waals surface area contributed by atoms with E-state index in [-0.39, 0.29) is 19.4 Å². The summed E-state index contributed by atoms with van der Waals surface area (Å²) in [5.41, 5.74) is 6.39. The summed E-state index contributed by atoms with van der Waals surface area (Å²) in [6.07, 6.45) is 2.80. The lowest BCUT2D eigenvalue weighted by Crippen LogP contribution is -2.57. The number of benzene rings is 1. The predicted molar refractivity (Wildman–Crippen MR) is 150 cm³/mol. The van der Waals surface area contributed by atoms with Gasteiger partial charge in [0.15, 0.2) is 0 Å². The Morgan fingerprint density at radius 1 is 0.791 bits per heavy atom. The second kappa shape index (κ2) is 17.5. The highest BCUT2D eigenvalue weighted by molar-refractivity contribution is 5.95.